The van der Waals surface area contributed by atoms with Gasteiger partial charge in [-0.05, 0) is 12.1 Å². The number of halogens is 1. The number of amides is 2. The van der Waals surface area contributed by atoms with E-state index < -0.39 is 17.6 Å². The lowest BCUT2D eigenvalue weighted by Crippen LogP contribution is -2.42. The van der Waals surface area contributed by atoms with Crippen LogP contribution >= 0.6 is 0 Å². The molecule has 0 saturated heterocycles. The van der Waals surface area contributed by atoms with E-state index in [0.29, 0.717) is 11.5 Å². The quantitative estimate of drug-likeness (QED) is 0.807. The van der Waals surface area contributed by atoms with Crippen LogP contribution < -0.4 is 25.1 Å². The van der Waals surface area contributed by atoms with Crippen molar-refractivity contribution in [1.29, 1.82) is 0 Å². The number of carbonyl (C=O) groups is 2. The average Bonchev–Trinajstić information content (AvgIpc) is 2.64. The van der Waals surface area contributed by atoms with Crippen LogP contribution in [-0.2, 0) is 0 Å². The van der Waals surface area contributed by atoms with E-state index in [1.54, 1.807) is 0 Å². The molecule has 0 aromatic heterocycles. The first-order valence-electron chi connectivity index (χ1n) is 7.17. The second kappa shape index (κ2) is 8.00. The van der Waals surface area contributed by atoms with Gasteiger partial charge < -0.3 is 14.2 Å². The molecule has 2 amide bonds. The molecule has 0 unspecified atom stereocenters. The Morgan fingerprint density at radius 3 is 1.88 bits per heavy atom. The number of hydrazine groups is 1. The molecular formula is C17H17FN2O5. The van der Waals surface area contributed by atoms with Crippen LogP contribution in [0.5, 0.6) is 17.2 Å². The maximum atomic E-state index is 13.6. The van der Waals surface area contributed by atoms with Gasteiger partial charge in [0.15, 0.2) is 11.5 Å². The first kappa shape index (κ1) is 18.1. The maximum Gasteiger partial charge on any atom is 0.273 e. The molecule has 0 radical (unpaired) electrons. The molecule has 2 aromatic carbocycles. The Labute approximate surface area is 143 Å². The van der Waals surface area contributed by atoms with Crippen molar-refractivity contribution >= 4 is 11.8 Å². The zero-order valence-corrected chi connectivity index (χ0v) is 13.9. The number of nitrogens with one attached hydrogen (secondary N) is 2. The third-order valence-electron chi connectivity index (χ3n) is 3.36. The SMILES string of the molecule is COc1cc(OC)c(C(=O)NNC(=O)c2ccccc2F)cc1OC. The predicted octanol–water partition coefficient (Wildman–Crippen LogP) is 1.93. The third-order valence-corrected chi connectivity index (χ3v) is 3.36. The Balaban J connectivity index is 2.18. The van der Waals surface area contributed by atoms with Crippen LogP contribution in [0.3, 0.4) is 0 Å². The summed E-state index contributed by atoms with van der Waals surface area (Å²) in [5, 5.41) is 0. The van der Waals surface area contributed by atoms with Gasteiger partial charge in [0.25, 0.3) is 11.8 Å². The molecule has 0 spiro atoms. The van der Waals surface area contributed by atoms with Gasteiger partial charge in [0.2, 0.25) is 0 Å². The van der Waals surface area contributed by atoms with Gasteiger partial charge in [-0.25, -0.2) is 4.39 Å². The van der Waals surface area contributed by atoms with Crippen molar-refractivity contribution in [2.45, 2.75) is 0 Å². The van der Waals surface area contributed by atoms with E-state index in [-0.39, 0.29) is 16.9 Å². The van der Waals surface area contributed by atoms with Gasteiger partial charge in [0.05, 0.1) is 32.5 Å². The highest BCUT2D eigenvalue weighted by molar-refractivity contribution is 6.01. The van der Waals surface area contributed by atoms with Gasteiger partial charge in [-0.1, -0.05) is 12.1 Å². The normalized spacial score (nSPS) is 9.92. The number of hydrogen-bond donors (Lipinski definition) is 2. The summed E-state index contributed by atoms with van der Waals surface area (Å²) in [5.74, 6) is -1.23. The lowest BCUT2D eigenvalue weighted by atomic mass is 10.1. The van der Waals surface area contributed by atoms with Gasteiger partial charge in [-0.3, -0.25) is 20.4 Å². The Hall–Kier alpha value is -3.29. The topological polar surface area (TPSA) is 85.9 Å². The summed E-state index contributed by atoms with van der Waals surface area (Å²) in [6.45, 7) is 0. The van der Waals surface area contributed by atoms with E-state index in [0.717, 1.165) is 6.07 Å². The van der Waals surface area contributed by atoms with Crippen LogP contribution in [-0.4, -0.2) is 33.1 Å². The Morgan fingerprint density at radius 2 is 1.32 bits per heavy atom. The number of carbonyl (C=O) groups excluding carboxylic acids is 2. The molecule has 0 fully saturated rings. The van der Waals surface area contributed by atoms with Gasteiger partial charge in [0.1, 0.15) is 11.6 Å². The van der Waals surface area contributed by atoms with Gasteiger partial charge >= 0.3 is 0 Å². The van der Waals surface area contributed by atoms with Crippen molar-refractivity contribution in [3.05, 3.63) is 53.3 Å². The summed E-state index contributed by atoms with van der Waals surface area (Å²) in [4.78, 5) is 24.3. The van der Waals surface area contributed by atoms with E-state index in [9.17, 15) is 14.0 Å². The van der Waals surface area contributed by atoms with Crippen molar-refractivity contribution in [2.75, 3.05) is 21.3 Å². The van der Waals surface area contributed by atoms with E-state index in [2.05, 4.69) is 10.9 Å². The highest BCUT2D eigenvalue weighted by Gasteiger charge is 2.19. The second-order valence-corrected chi connectivity index (χ2v) is 4.80. The minimum absolute atomic E-state index is 0.106. The minimum atomic E-state index is -0.786. The van der Waals surface area contributed by atoms with Crippen LogP contribution in [0.25, 0.3) is 0 Å². The monoisotopic (exact) mass is 348 g/mol. The fourth-order valence-corrected chi connectivity index (χ4v) is 2.10. The third kappa shape index (κ3) is 3.97. The van der Waals surface area contributed by atoms with Crippen molar-refractivity contribution in [1.82, 2.24) is 10.9 Å². The summed E-state index contributed by atoms with van der Waals surface area (Å²) < 4.78 is 29.0. The molecule has 7 nitrogen and oxygen atoms in total. The fourth-order valence-electron chi connectivity index (χ4n) is 2.10. The van der Waals surface area contributed by atoms with Crippen molar-refractivity contribution in [2.24, 2.45) is 0 Å². The fraction of sp³-hybridized carbons (Fsp3) is 0.176. The molecule has 25 heavy (non-hydrogen) atoms. The number of ether oxygens (including phenoxy) is 3. The maximum absolute atomic E-state index is 13.6. The van der Waals surface area contributed by atoms with Crippen LogP contribution in [0.15, 0.2) is 36.4 Å². The molecule has 2 rings (SSSR count). The molecule has 0 atom stereocenters. The highest BCUT2D eigenvalue weighted by atomic mass is 19.1. The van der Waals surface area contributed by atoms with Crippen LogP contribution in [0.1, 0.15) is 20.7 Å². The van der Waals surface area contributed by atoms with Gasteiger partial charge in [-0.15, -0.1) is 0 Å². The van der Waals surface area contributed by atoms with E-state index in [4.69, 9.17) is 14.2 Å². The zero-order valence-electron chi connectivity index (χ0n) is 13.9. The van der Waals surface area contributed by atoms with Gasteiger partial charge in [-0.2, -0.15) is 0 Å². The predicted molar refractivity (Wildman–Crippen MR) is 87.4 cm³/mol. The summed E-state index contributed by atoms with van der Waals surface area (Å²) in [5.41, 5.74) is 4.27. The summed E-state index contributed by atoms with van der Waals surface area (Å²) in [6, 6.07) is 8.30. The summed E-state index contributed by atoms with van der Waals surface area (Å²) >= 11 is 0. The first-order chi connectivity index (χ1) is 12.0. The van der Waals surface area contributed by atoms with Crippen molar-refractivity contribution < 1.29 is 28.2 Å². The van der Waals surface area contributed by atoms with Crippen molar-refractivity contribution in [3.8, 4) is 17.2 Å². The molecule has 0 aliphatic carbocycles. The Kier molecular flexibility index (Phi) is 5.78. The summed E-state index contributed by atoms with van der Waals surface area (Å²) in [7, 11) is 4.26. The number of hydrogen-bond acceptors (Lipinski definition) is 5. The molecule has 0 heterocycles. The molecule has 2 N–H and O–H groups in total. The lowest BCUT2D eigenvalue weighted by molar-refractivity contribution is 0.0842. The Morgan fingerprint density at radius 1 is 0.800 bits per heavy atom. The molecule has 0 bridgehead atoms. The second-order valence-electron chi connectivity index (χ2n) is 4.80. The van der Waals surface area contributed by atoms with Crippen LogP contribution in [0.2, 0.25) is 0 Å². The largest absolute Gasteiger partial charge is 0.496 e. The smallest absolute Gasteiger partial charge is 0.273 e. The standard InChI is InChI=1S/C17H17FN2O5/c1-23-13-9-15(25-3)14(24-2)8-11(13)17(22)20-19-16(21)10-6-4-5-7-12(10)18/h4-9H,1-3H3,(H,19,21)(H,20,22). The number of methoxy groups -OCH3 is 3. The molecule has 0 aliphatic rings. The summed E-state index contributed by atoms with van der Waals surface area (Å²) in [6.07, 6.45) is 0. The van der Waals surface area contributed by atoms with E-state index in [1.165, 1.54) is 51.7 Å². The van der Waals surface area contributed by atoms with Crippen molar-refractivity contribution in [3.63, 3.8) is 0 Å². The first-order valence-corrected chi connectivity index (χ1v) is 7.17. The molecule has 0 aliphatic heterocycles. The average molecular weight is 348 g/mol. The highest BCUT2D eigenvalue weighted by Crippen LogP contribution is 2.34. The number of benzene rings is 2. The Bertz CT molecular complexity index is 795. The molecule has 2 aromatic rings. The molecule has 132 valence electrons. The zero-order chi connectivity index (χ0) is 18.4. The van der Waals surface area contributed by atoms with E-state index >= 15 is 0 Å². The minimum Gasteiger partial charge on any atom is -0.496 e. The van der Waals surface area contributed by atoms with E-state index in [1.807, 2.05) is 0 Å². The number of rotatable bonds is 5. The molecule has 0 saturated carbocycles. The lowest BCUT2D eigenvalue weighted by Gasteiger charge is -2.14. The molecular weight excluding hydrogens is 331 g/mol. The van der Waals surface area contributed by atoms with Crippen LogP contribution in [0.4, 0.5) is 4.39 Å². The van der Waals surface area contributed by atoms with Crippen LogP contribution in [0, 0.1) is 5.82 Å². The molecule has 8 heteroatoms. The van der Waals surface area contributed by atoms with Gasteiger partial charge in [0, 0.05) is 12.1 Å².